The number of aryl methyl sites for hydroxylation is 1. The van der Waals surface area contributed by atoms with Gasteiger partial charge in [0.25, 0.3) is 0 Å². The zero-order valence-corrected chi connectivity index (χ0v) is 21.2. The summed E-state index contributed by atoms with van der Waals surface area (Å²) in [7, 11) is 4.43. The maximum atomic E-state index is 7.14. The minimum atomic E-state index is 0.213. The Kier molecular flexibility index (Phi) is 6.51. The molecule has 0 amide bonds. The number of halogens is 1. The van der Waals surface area contributed by atoms with Gasteiger partial charge in [0, 0.05) is 38.8 Å². The van der Waals surface area contributed by atoms with Crippen LogP contribution in [-0.4, -0.2) is 69.5 Å². The fraction of sp³-hybridized carbons (Fsp3) is 0.615. The second-order valence-corrected chi connectivity index (χ2v) is 10.5. The van der Waals surface area contributed by atoms with Crippen LogP contribution >= 0.6 is 11.6 Å². The van der Waals surface area contributed by atoms with Gasteiger partial charge in [-0.1, -0.05) is 31.5 Å². The van der Waals surface area contributed by atoms with Crippen LogP contribution in [0, 0.1) is 0 Å². The van der Waals surface area contributed by atoms with E-state index in [1.807, 2.05) is 6.20 Å². The van der Waals surface area contributed by atoms with Gasteiger partial charge >= 0.3 is 0 Å². The summed E-state index contributed by atoms with van der Waals surface area (Å²) in [5.41, 5.74) is 3.62. The van der Waals surface area contributed by atoms with Gasteiger partial charge in [-0.05, 0) is 63.4 Å². The van der Waals surface area contributed by atoms with E-state index in [1.165, 1.54) is 17.1 Å². The maximum Gasteiger partial charge on any atom is 0.139 e. The van der Waals surface area contributed by atoms with Crippen molar-refractivity contribution in [2.75, 3.05) is 40.3 Å². The van der Waals surface area contributed by atoms with Crippen LogP contribution in [0.15, 0.2) is 24.4 Å². The Morgan fingerprint density at radius 2 is 1.76 bits per heavy atom. The van der Waals surface area contributed by atoms with Crippen LogP contribution in [0.25, 0.3) is 5.82 Å². The Balaban J connectivity index is 1.45. The van der Waals surface area contributed by atoms with E-state index in [2.05, 4.69) is 65.4 Å². The zero-order valence-electron chi connectivity index (χ0n) is 20.5. The Bertz CT molecular complexity index is 1020. The number of piperidine rings is 1. The van der Waals surface area contributed by atoms with E-state index in [1.54, 1.807) is 0 Å². The quantitative estimate of drug-likeness (QED) is 0.635. The third kappa shape index (κ3) is 4.22. The van der Waals surface area contributed by atoms with Crippen molar-refractivity contribution in [3.05, 3.63) is 52.3 Å². The highest BCUT2D eigenvalue weighted by Crippen LogP contribution is 2.44. The van der Waals surface area contributed by atoms with Crippen LogP contribution in [-0.2, 0) is 6.42 Å². The Morgan fingerprint density at radius 1 is 1.03 bits per heavy atom. The van der Waals surface area contributed by atoms with Gasteiger partial charge in [0.2, 0.25) is 0 Å². The predicted octanol–water partition coefficient (Wildman–Crippen LogP) is 4.95. The first-order chi connectivity index (χ1) is 16.0. The first kappa shape index (κ1) is 22.9. The standard InChI is InChI=1S/C26H37ClN6/c1-18(2)19-8-7-13-28-24(19)20-9-5-10-21(31(20)4)25-26(27)33-22(29-25)11-6-12-23(33)32-16-14-30(3)15-17-32/h7-8,12-13,18,20-21H,5-6,9-11,14-17H2,1-4H3. The van der Waals surface area contributed by atoms with Crippen molar-refractivity contribution in [1.29, 1.82) is 0 Å². The van der Waals surface area contributed by atoms with Crippen molar-refractivity contribution >= 4 is 17.4 Å². The molecule has 0 aliphatic carbocycles. The number of likely N-dealkylation sites (tertiary alicyclic amines) is 1. The molecule has 33 heavy (non-hydrogen) atoms. The molecule has 2 fully saturated rings. The summed E-state index contributed by atoms with van der Waals surface area (Å²) in [5.74, 6) is 2.81. The lowest BCUT2D eigenvalue weighted by Gasteiger charge is -2.39. The highest BCUT2D eigenvalue weighted by atomic mass is 35.5. The summed E-state index contributed by atoms with van der Waals surface area (Å²) in [6.45, 7) is 8.76. The van der Waals surface area contributed by atoms with E-state index in [0.717, 1.165) is 75.0 Å². The molecule has 2 aromatic heterocycles. The van der Waals surface area contributed by atoms with Crippen LogP contribution in [0.5, 0.6) is 0 Å². The van der Waals surface area contributed by atoms with Crippen molar-refractivity contribution in [1.82, 2.24) is 29.2 Å². The Labute approximate surface area is 203 Å². The molecule has 5 heterocycles. The van der Waals surface area contributed by atoms with Crippen molar-refractivity contribution in [3.8, 4) is 0 Å². The van der Waals surface area contributed by atoms with E-state index < -0.39 is 0 Å². The van der Waals surface area contributed by atoms with Crippen molar-refractivity contribution < 1.29 is 0 Å². The molecule has 5 rings (SSSR count). The van der Waals surface area contributed by atoms with Crippen LogP contribution in [0.3, 0.4) is 0 Å². The molecule has 0 radical (unpaired) electrons. The van der Waals surface area contributed by atoms with E-state index in [4.69, 9.17) is 21.6 Å². The fourth-order valence-electron chi connectivity index (χ4n) is 5.79. The highest BCUT2D eigenvalue weighted by Gasteiger charge is 2.36. The molecule has 7 heteroatoms. The minimum absolute atomic E-state index is 0.213. The average Bonchev–Trinajstić information content (AvgIpc) is 3.16. The average molecular weight is 469 g/mol. The van der Waals surface area contributed by atoms with E-state index in [9.17, 15) is 0 Å². The SMILES string of the molecule is CC(C)c1cccnc1C1CCCC(c2nc3n(c2Cl)C(N2CCN(C)CC2)=CCC3)N1C. The Morgan fingerprint density at radius 3 is 2.48 bits per heavy atom. The second kappa shape index (κ2) is 9.40. The van der Waals surface area contributed by atoms with Gasteiger partial charge < -0.3 is 9.80 Å². The van der Waals surface area contributed by atoms with Gasteiger partial charge in [0.05, 0.1) is 23.5 Å². The summed E-state index contributed by atoms with van der Waals surface area (Å²) in [4.78, 5) is 17.4. The molecule has 3 aliphatic heterocycles. The number of hydrogen-bond acceptors (Lipinski definition) is 5. The molecule has 2 aromatic rings. The van der Waals surface area contributed by atoms with Crippen LogP contribution in [0.1, 0.15) is 80.3 Å². The number of pyridine rings is 1. The first-order valence-corrected chi connectivity index (χ1v) is 12.9. The third-order valence-electron chi connectivity index (χ3n) is 7.73. The van der Waals surface area contributed by atoms with Gasteiger partial charge in [-0.15, -0.1) is 0 Å². The molecule has 178 valence electrons. The van der Waals surface area contributed by atoms with Crippen molar-refractivity contribution in [2.24, 2.45) is 0 Å². The molecule has 2 unspecified atom stereocenters. The second-order valence-electron chi connectivity index (χ2n) is 10.2. The number of piperazine rings is 1. The minimum Gasteiger partial charge on any atom is -0.355 e. The number of hydrogen-bond donors (Lipinski definition) is 0. The molecular weight excluding hydrogens is 432 g/mol. The van der Waals surface area contributed by atoms with Gasteiger partial charge in [-0.3, -0.25) is 14.5 Å². The number of allylic oxidation sites excluding steroid dienone is 1. The molecule has 0 N–H and O–H groups in total. The molecule has 2 saturated heterocycles. The lowest BCUT2D eigenvalue weighted by molar-refractivity contribution is 0.109. The molecular formula is C26H37ClN6. The summed E-state index contributed by atoms with van der Waals surface area (Å²) < 4.78 is 2.24. The highest BCUT2D eigenvalue weighted by molar-refractivity contribution is 6.30. The fourth-order valence-corrected chi connectivity index (χ4v) is 6.14. The van der Waals surface area contributed by atoms with Crippen molar-refractivity contribution in [2.45, 2.75) is 64.0 Å². The molecule has 6 nitrogen and oxygen atoms in total. The summed E-state index contributed by atoms with van der Waals surface area (Å²) in [6.07, 6.45) is 9.65. The van der Waals surface area contributed by atoms with Gasteiger partial charge in [-0.25, -0.2) is 4.98 Å². The van der Waals surface area contributed by atoms with Crippen molar-refractivity contribution in [3.63, 3.8) is 0 Å². The molecule has 2 atom stereocenters. The van der Waals surface area contributed by atoms with E-state index in [0.29, 0.717) is 12.0 Å². The van der Waals surface area contributed by atoms with Crippen LogP contribution in [0.4, 0.5) is 0 Å². The number of nitrogens with zero attached hydrogens (tertiary/aromatic N) is 6. The number of rotatable bonds is 4. The van der Waals surface area contributed by atoms with E-state index >= 15 is 0 Å². The predicted molar refractivity (Wildman–Crippen MR) is 134 cm³/mol. The number of likely N-dealkylation sites (N-methyl/N-ethyl adjacent to an activating group) is 1. The summed E-state index contributed by atoms with van der Waals surface area (Å²) in [6, 6.07) is 4.81. The van der Waals surface area contributed by atoms with E-state index in [-0.39, 0.29) is 6.04 Å². The topological polar surface area (TPSA) is 40.4 Å². The smallest absolute Gasteiger partial charge is 0.139 e. The molecule has 0 aromatic carbocycles. The largest absolute Gasteiger partial charge is 0.355 e. The molecule has 0 bridgehead atoms. The third-order valence-corrected chi connectivity index (χ3v) is 8.09. The number of aromatic nitrogens is 3. The lowest BCUT2D eigenvalue weighted by atomic mass is 9.88. The Hall–Kier alpha value is -1.89. The maximum absolute atomic E-state index is 7.14. The molecule has 3 aliphatic rings. The zero-order chi connectivity index (χ0) is 23.1. The van der Waals surface area contributed by atoms with Gasteiger partial charge in [0.1, 0.15) is 16.8 Å². The number of imidazole rings is 1. The van der Waals surface area contributed by atoms with Crippen LogP contribution < -0.4 is 0 Å². The molecule has 0 saturated carbocycles. The number of fused-ring (bicyclic) bond motifs is 1. The monoisotopic (exact) mass is 468 g/mol. The normalized spacial score (nSPS) is 24.8. The van der Waals surface area contributed by atoms with Gasteiger partial charge in [0.15, 0.2) is 0 Å². The lowest BCUT2D eigenvalue weighted by Crippen LogP contribution is -2.44. The molecule has 0 spiro atoms. The van der Waals surface area contributed by atoms with Gasteiger partial charge in [-0.2, -0.15) is 0 Å². The summed E-state index contributed by atoms with van der Waals surface area (Å²) >= 11 is 7.14. The van der Waals surface area contributed by atoms with Crippen LogP contribution in [0.2, 0.25) is 5.15 Å². The summed E-state index contributed by atoms with van der Waals surface area (Å²) in [5, 5.41) is 0.803. The first-order valence-electron chi connectivity index (χ1n) is 12.5.